The van der Waals surface area contributed by atoms with Crippen molar-refractivity contribution in [2.45, 2.75) is 26.7 Å². The van der Waals surface area contributed by atoms with Crippen LogP contribution in [0, 0.1) is 11.8 Å². The van der Waals surface area contributed by atoms with Crippen LogP contribution in [-0.4, -0.2) is 47.2 Å². The van der Waals surface area contributed by atoms with Gasteiger partial charge in [-0.05, 0) is 30.4 Å². The van der Waals surface area contributed by atoms with Gasteiger partial charge in [0.1, 0.15) is 0 Å². The van der Waals surface area contributed by atoms with Gasteiger partial charge in [0.15, 0.2) is 0 Å². The Morgan fingerprint density at radius 1 is 1.04 bits per heavy atom. The Morgan fingerprint density at radius 3 is 2.09 bits per heavy atom. The van der Waals surface area contributed by atoms with Crippen molar-refractivity contribution in [2.75, 3.05) is 19.6 Å². The molecule has 5 heteroatoms. The number of hydrogen-bond acceptors (Lipinski definition) is 3. The lowest BCUT2D eigenvalue weighted by Crippen LogP contribution is -2.44. The molecule has 2 aliphatic heterocycles. The fourth-order valence-electron chi connectivity index (χ4n) is 3.67. The molecule has 122 valence electrons. The van der Waals surface area contributed by atoms with E-state index in [0.717, 1.165) is 19.5 Å². The molecule has 1 fully saturated rings. The lowest BCUT2D eigenvalue weighted by molar-refractivity contribution is -0.133. The second-order valence-corrected chi connectivity index (χ2v) is 6.80. The molecule has 0 unspecified atom stereocenters. The van der Waals surface area contributed by atoms with Crippen LogP contribution in [0.25, 0.3) is 0 Å². The monoisotopic (exact) mass is 314 g/mol. The number of fused-ring (bicyclic) bond motifs is 1. The van der Waals surface area contributed by atoms with Crippen molar-refractivity contribution in [2.24, 2.45) is 11.8 Å². The highest BCUT2D eigenvalue weighted by atomic mass is 16.2. The minimum absolute atomic E-state index is 0.0277. The second kappa shape index (κ2) is 6.14. The number of rotatable bonds is 3. The molecule has 0 aliphatic carbocycles. The molecule has 3 rings (SSSR count). The van der Waals surface area contributed by atoms with Crippen molar-refractivity contribution in [3.8, 4) is 0 Å². The number of imide groups is 1. The zero-order valence-electron chi connectivity index (χ0n) is 13.6. The minimum Gasteiger partial charge on any atom is -0.342 e. The maximum Gasteiger partial charge on any atom is 0.261 e. The summed E-state index contributed by atoms with van der Waals surface area (Å²) in [6.07, 6.45) is 1.34. The van der Waals surface area contributed by atoms with Crippen LogP contribution in [0.3, 0.4) is 0 Å². The summed E-state index contributed by atoms with van der Waals surface area (Å²) in [5.41, 5.74) is 0.871. The van der Waals surface area contributed by atoms with Gasteiger partial charge in [0.25, 0.3) is 11.8 Å². The van der Waals surface area contributed by atoms with Crippen molar-refractivity contribution in [3.05, 3.63) is 35.4 Å². The highest BCUT2D eigenvalue weighted by Crippen LogP contribution is 2.24. The lowest BCUT2D eigenvalue weighted by Gasteiger charge is -2.35. The molecule has 0 radical (unpaired) electrons. The molecule has 1 aromatic rings. The molecule has 0 spiro atoms. The summed E-state index contributed by atoms with van der Waals surface area (Å²) in [5.74, 6) is 0.446. The van der Waals surface area contributed by atoms with Crippen LogP contribution in [0.15, 0.2) is 24.3 Å². The van der Waals surface area contributed by atoms with Crippen LogP contribution in [0.4, 0.5) is 0 Å². The molecule has 0 aromatic heterocycles. The van der Waals surface area contributed by atoms with Gasteiger partial charge in [-0.25, -0.2) is 0 Å². The first-order valence-electron chi connectivity index (χ1n) is 8.20. The van der Waals surface area contributed by atoms with E-state index < -0.39 is 0 Å². The first-order valence-corrected chi connectivity index (χ1v) is 8.20. The van der Waals surface area contributed by atoms with Crippen molar-refractivity contribution in [1.29, 1.82) is 0 Å². The summed E-state index contributed by atoms with van der Waals surface area (Å²) in [4.78, 5) is 40.0. The van der Waals surface area contributed by atoms with Crippen molar-refractivity contribution in [1.82, 2.24) is 9.80 Å². The average Bonchev–Trinajstić information content (AvgIpc) is 2.76. The predicted molar refractivity (Wildman–Crippen MR) is 86.0 cm³/mol. The average molecular weight is 314 g/mol. The van der Waals surface area contributed by atoms with Gasteiger partial charge >= 0.3 is 0 Å². The summed E-state index contributed by atoms with van der Waals surface area (Å²) >= 11 is 0. The van der Waals surface area contributed by atoms with E-state index in [-0.39, 0.29) is 30.7 Å². The molecular weight excluding hydrogens is 292 g/mol. The Kier molecular flexibility index (Phi) is 4.20. The van der Waals surface area contributed by atoms with Crippen LogP contribution in [-0.2, 0) is 4.79 Å². The maximum atomic E-state index is 12.4. The number of hydrogen-bond donors (Lipinski definition) is 0. The first-order chi connectivity index (χ1) is 11.0. The number of amides is 3. The molecule has 0 bridgehead atoms. The standard InChI is InChI=1S/C18H22N2O3/c1-12-9-13(2)11-19(10-12)16(21)7-8-20-17(22)14-5-3-4-6-15(14)18(20)23/h3-6,12-13H,7-11H2,1-2H3/t12-,13-/m0/s1. The fraction of sp³-hybridized carbons (Fsp3) is 0.500. The Bertz CT molecular complexity index is 610. The molecule has 1 aromatic carbocycles. The number of carbonyl (C=O) groups is 3. The zero-order valence-corrected chi connectivity index (χ0v) is 13.6. The smallest absolute Gasteiger partial charge is 0.261 e. The summed E-state index contributed by atoms with van der Waals surface area (Å²) in [6.45, 7) is 6.00. The van der Waals surface area contributed by atoms with Crippen LogP contribution in [0.2, 0.25) is 0 Å². The molecule has 0 saturated carbocycles. The highest BCUT2D eigenvalue weighted by molar-refractivity contribution is 6.21. The van der Waals surface area contributed by atoms with Gasteiger partial charge in [-0.3, -0.25) is 19.3 Å². The summed E-state index contributed by atoms with van der Waals surface area (Å²) in [5, 5.41) is 0. The molecule has 3 amide bonds. The van der Waals surface area contributed by atoms with E-state index in [1.165, 1.54) is 4.90 Å². The van der Waals surface area contributed by atoms with Gasteiger partial charge < -0.3 is 4.90 Å². The Hall–Kier alpha value is -2.17. The lowest BCUT2D eigenvalue weighted by atomic mass is 9.92. The van der Waals surface area contributed by atoms with Crippen LogP contribution in [0.5, 0.6) is 0 Å². The molecule has 1 saturated heterocycles. The Labute approximate surface area is 136 Å². The maximum absolute atomic E-state index is 12.4. The molecule has 2 aliphatic rings. The normalized spacial score (nSPS) is 24.1. The summed E-state index contributed by atoms with van der Waals surface area (Å²) < 4.78 is 0. The Morgan fingerprint density at radius 2 is 1.57 bits per heavy atom. The van der Waals surface area contributed by atoms with Crippen LogP contribution >= 0.6 is 0 Å². The molecule has 5 nitrogen and oxygen atoms in total. The van der Waals surface area contributed by atoms with E-state index in [1.807, 2.05) is 4.90 Å². The quantitative estimate of drug-likeness (QED) is 0.804. The molecular formula is C18H22N2O3. The van der Waals surface area contributed by atoms with Gasteiger partial charge in [-0.15, -0.1) is 0 Å². The number of benzene rings is 1. The van der Waals surface area contributed by atoms with E-state index in [2.05, 4.69) is 13.8 Å². The molecule has 2 heterocycles. The van der Waals surface area contributed by atoms with Gasteiger partial charge in [-0.2, -0.15) is 0 Å². The largest absolute Gasteiger partial charge is 0.342 e. The van der Waals surface area contributed by atoms with E-state index in [1.54, 1.807) is 24.3 Å². The van der Waals surface area contributed by atoms with Crippen molar-refractivity contribution >= 4 is 17.7 Å². The van der Waals surface area contributed by atoms with E-state index >= 15 is 0 Å². The van der Waals surface area contributed by atoms with Gasteiger partial charge in [0, 0.05) is 26.1 Å². The van der Waals surface area contributed by atoms with Crippen molar-refractivity contribution < 1.29 is 14.4 Å². The highest BCUT2D eigenvalue weighted by Gasteiger charge is 2.35. The van der Waals surface area contributed by atoms with Crippen LogP contribution < -0.4 is 0 Å². The number of carbonyl (C=O) groups excluding carboxylic acids is 3. The second-order valence-electron chi connectivity index (χ2n) is 6.80. The third kappa shape index (κ3) is 3.00. The van der Waals surface area contributed by atoms with Crippen LogP contribution in [0.1, 0.15) is 47.4 Å². The van der Waals surface area contributed by atoms with Gasteiger partial charge in [-0.1, -0.05) is 26.0 Å². The summed E-state index contributed by atoms with van der Waals surface area (Å²) in [6, 6.07) is 6.81. The Balaban J connectivity index is 1.62. The summed E-state index contributed by atoms with van der Waals surface area (Å²) in [7, 11) is 0. The number of piperidine rings is 1. The van der Waals surface area contributed by atoms with E-state index in [4.69, 9.17) is 0 Å². The molecule has 23 heavy (non-hydrogen) atoms. The fourth-order valence-corrected chi connectivity index (χ4v) is 3.67. The SMILES string of the molecule is C[C@H]1C[C@H](C)CN(C(=O)CCN2C(=O)c3ccccc3C2=O)C1. The topological polar surface area (TPSA) is 57.7 Å². The van der Waals surface area contributed by atoms with Crippen molar-refractivity contribution in [3.63, 3.8) is 0 Å². The van der Waals surface area contributed by atoms with E-state index in [0.29, 0.717) is 23.0 Å². The van der Waals surface area contributed by atoms with Gasteiger partial charge in [0.2, 0.25) is 5.91 Å². The first kappa shape index (κ1) is 15.7. The van der Waals surface area contributed by atoms with Gasteiger partial charge in [0.05, 0.1) is 11.1 Å². The third-order valence-corrected chi connectivity index (χ3v) is 4.65. The molecule has 2 atom stereocenters. The third-order valence-electron chi connectivity index (χ3n) is 4.65. The predicted octanol–water partition coefficient (Wildman–Crippen LogP) is 2.18. The van der Waals surface area contributed by atoms with E-state index in [9.17, 15) is 14.4 Å². The minimum atomic E-state index is -0.293. The number of likely N-dealkylation sites (tertiary alicyclic amines) is 1. The number of nitrogens with zero attached hydrogens (tertiary/aromatic N) is 2. The zero-order chi connectivity index (χ0) is 16.6. The molecule has 0 N–H and O–H groups in total.